The Kier molecular flexibility index (Phi) is 3.08. The zero-order chi connectivity index (χ0) is 8.97. The first-order chi connectivity index (χ1) is 5.74. The highest BCUT2D eigenvalue weighted by molar-refractivity contribution is 5.31. The molecule has 0 saturated heterocycles. The zero-order valence-electron chi connectivity index (χ0n) is 7.16. The molecule has 0 amide bonds. The molecule has 0 aliphatic carbocycles. The summed E-state index contributed by atoms with van der Waals surface area (Å²) in [4.78, 5) is 0. The Morgan fingerprint density at radius 2 is 2.08 bits per heavy atom. The molecular weight excluding hydrogens is 152 g/mol. The molecule has 0 aliphatic heterocycles. The number of hydrogen-bond acceptors (Lipinski definition) is 3. The lowest BCUT2D eigenvalue weighted by Gasteiger charge is -2.13. The fourth-order valence-corrected chi connectivity index (χ4v) is 0.900. The Morgan fingerprint density at radius 3 is 2.67 bits per heavy atom. The van der Waals surface area contributed by atoms with E-state index in [1.807, 2.05) is 31.2 Å². The summed E-state index contributed by atoms with van der Waals surface area (Å²) in [5, 5.41) is 0. The molecule has 0 fully saturated rings. The Labute approximate surface area is 72.3 Å². The average molecular weight is 166 g/mol. The fraction of sp³-hybridized carbons (Fsp3) is 0.333. The summed E-state index contributed by atoms with van der Waals surface area (Å²) < 4.78 is 5.35. The molecule has 1 rings (SSSR count). The molecule has 1 aromatic carbocycles. The molecule has 3 heteroatoms. The van der Waals surface area contributed by atoms with E-state index in [-0.39, 0.29) is 0 Å². The predicted octanol–water partition coefficient (Wildman–Crippen LogP) is 0.617. The van der Waals surface area contributed by atoms with Crippen molar-refractivity contribution in [2.45, 2.75) is 13.2 Å². The van der Waals surface area contributed by atoms with Gasteiger partial charge >= 0.3 is 0 Å². The van der Waals surface area contributed by atoms with Crippen LogP contribution >= 0.6 is 0 Å². The molecule has 1 atom stereocenters. The second-order valence-corrected chi connectivity index (χ2v) is 2.66. The third-order valence-electron chi connectivity index (χ3n) is 1.60. The van der Waals surface area contributed by atoms with Crippen LogP contribution in [0.5, 0.6) is 5.75 Å². The first-order valence-electron chi connectivity index (χ1n) is 3.92. The van der Waals surface area contributed by atoms with Crippen molar-refractivity contribution >= 4 is 0 Å². The van der Waals surface area contributed by atoms with Crippen LogP contribution in [0.2, 0.25) is 0 Å². The molecule has 0 aromatic heterocycles. The molecular formula is C9H14N2O. The minimum absolute atomic E-state index is 0.328. The lowest BCUT2D eigenvalue weighted by Crippen LogP contribution is -2.35. The van der Waals surface area contributed by atoms with Crippen molar-refractivity contribution in [3.8, 4) is 5.75 Å². The summed E-state index contributed by atoms with van der Waals surface area (Å²) in [5.41, 5.74) is 11.9. The van der Waals surface area contributed by atoms with Gasteiger partial charge in [0, 0.05) is 6.54 Å². The maximum atomic E-state index is 5.53. The van der Waals surface area contributed by atoms with Crippen molar-refractivity contribution in [3.05, 3.63) is 29.8 Å². The molecule has 1 unspecified atom stereocenters. The number of nitrogens with two attached hydrogens (primary N) is 2. The molecule has 0 bridgehead atoms. The molecule has 0 aliphatic rings. The molecule has 0 saturated carbocycles. The van der Waals surface area contributed by atoms with Crippen LogP contribution in [0.3, 0.4) is 0 Å². The summed E-state index contributed by atoms with van der Waals surface area (Å²) in [6.45, 7) is 2.30. The van der Waals surface area contributed by atoms with Gasteiger partial charge in [0.1, 0.15) is 5.75 Å². The minimum Gasteiger partial charge on any atom is -0.474 e. The van der Waals surface area contributed by atoms with E-state index in [0.717, 1.165) is 11.3 Å². The van der Waals surface area contributed by atoms with E-state index < -0.39 is 6.23 Å². The Morgan fingerprint density at radius 1 is 1.42 bits per heavy atom. The normalized spacial score (nSPS) is 12.6. The van der Waals surface area contributed by atoms with Gasteiger partial charge in [-0.25, -0.2) is 0 Å². The smallest absolute Gasteiger partial charge is 0.160 e. The van der Waals surface area contributed by atoms with Crippen LogP contribution in [0.25, 0.3) is 0 Å². The van der Waals surface area contributed by atoms with Crippen LogP contribution < -0.4 is 16.2 Å². The van der Waals surface area contributed by atoms with Crippen molar-refractivity contribution in [2.75, 3.05) is 6.54 Å². The molecule has 3 nitrogen and oxygen atoms in total. The summed E-state index contributed by atoms with van der Waals surface area (Å²) in [5.74, 6) is 0.801. The first-order valence-corrected chi connectivity index (χ1v) is 3.92. The molecule has 0 spiro atoms. The highest BCUT2D eigenvalue weighted by atomic mass is 16.5. The van der Waals surface area contributed by atoms with Crippen LogP contribution in [0.4, 0.5) is 0 Å². The van der Waals surface area contributed by atoms with E-state index in [2.05, 4.69) is 0 Å². The molecule has 12 heavy (non-hydrogen) atoms. The highest BCUT2D eigenvalue weighted by Crippen LogP contribution is 2.16. The van der Waals surface area contributed by atoms with Crippen LogP contribution in [-0.2, 0) is 0 Å². The largest absolute Gasteiger partial charge is 0.474 e. The number of hydrogen-bond donors (Lipinski definition) is 2. The van der Waals surface area contributed by atoms with E-state index in [1.54, 1.807) is 0 Å². The molecule has 1 aromatic rings. The van der Waals surface area contributed by atoms with Crippen LogP contribution in [0.15, 0.2) is 24.3 Å². The van der Waals surface area contributed by atoms with Gasteiger partial charge in [-0.3, -0.25) is 5.73 Å². The molecule has 66 valence electrons. The van der Waals surface area contributed by atoms with Gasteiger partial charge in [-0.2, -0.15) is 0 Å². The van der Waals surface area contributed by atoms with Crippen molar-refractivity contribution in [1.29, 1.82) is 0 Å². The second-order valence-electron chi connectivity index (χ2n) is 2.66. The first kappa shape index (κ1) is 9.03. The van der Waals surface area contributed by atoms with E-state index in [9.17, 15) is 0 Å². The Bertz CT molecular complexity index is 250. The number of ether oxygens (including phenoxy) is 1. The molecule has 4 N–H and O–H groups in total. The van der Waals surface area contributed by atoms with E-state index >= 15 is 0 Å². The quantitative estimate of drug-likeness (QED) is 0.647. The van der Waals surface area contributed by atoms with E-state index in [1.165, 1.54) is 0 Å². The summed E-state index contributed by atoms with van der Waals surface area (Å²) in [7, 11) is 0. The van der Waals surface area contributed by atoms with Crippen molar-refractivity contribution < 1.29 is 4.74 Å². The van der Waals surface area contributed by atoms with Gasteiger partial charge in [-0.15, -0.1) is 0 Å². The molecule has 0 radical (unpaired) electrons. The maximum absolute atomic E-state index is 5.53. The van der Waals surface area contributed by atoms with Crippen molar-refractivity contribution in [1.82, 2.24) is 0 Å². The summed E-state index contributed by atoms with van der Waals surface area (Å²) >= 11 is 0. The number of aryl methyl sites for hydroxylation is 1. The van der Waals surface area contributed by atoms with Crippen LogP contribution in [0.1, 0.15) is 5.56 Å². The highest BCUT2D eigenvalue weighted by Gasteiger charge is 2.02. The Hall–Kier alpha value is -1.06. The SMILES string of the molecule is Cc1ccccc1OC(N)CN. The maximum Gasteiger partial charge on any atom is 0.160 e. The van der Waals surface area contributed by atoms with Gasteiger partial charge in [0.2, 0.25) is 0 Å². The third kappa shape index (κ3) is 2.22. The Balaban J connectivity index is 2.69. The standard InChI is InChI=1S/C9H14N2O/c1-7-4-2-3-5-8(7)12-9(11)6-10/h2-5,9H,6,10-11H2,1H3. The van der Waals surface area contributed by atoms with Gasteiger partial charge in [-0.1, -0.05) is 18.2 Å². The third-order valence-corrected chi connectivity index (χ3v) is 1.60. The summed E-state index contributed by atoms with van der Waals surface area (Å²) in [6.07, 6.45) is -0.411. The topological polar surface area (TPSA) is 61.3 Å². The minimum atomic E-state index is -0.411. The van der Waals surface area contributed by atoms with Gasteiger partial charge < -0.3 is 10.5 Å². The number of para-hydroxylation sites is 1. The monoisotopic (exact) mass is 166 g/mol. The lowest BCUT2D eigenvalue weighted by atomic mass is 10.2. The summed E-state index contributed by atoms with van der Waals surface area (Å²) in [6, 6.07) is 7.71. The van der Waals surface area contributed by atoms with Gasteiger partial charge in [0.05, 0.1) is 0 Å². The second kappa shape index (κ2) is 4.09. The van der Waals surface area contributed by atoms with Gasteiger partial charge in [0.25, 0.3) is 0 Å². The van der Waals surface area contributed by atoms with Gasteiger partial charge in [-0.05, 0) is 18.6 Å². The zero-order valence-corrected chi connectivity index (χ0v) is 7.16. The lowest BCUT2D eigenvalue weighted by molar-refractivity contribution is 0.216. The number of rotatable bonds is 3. The van der Waals surface area contributed by atoms with Crippen molar-refractivity contribution in [2.24, 2.45) is 11.5 Å². The molecule has 0 heterocycles. The van der Waals surface area contributed by atoms with E-state index in [4.69, 9.17) is 16.2 Å². The van der Waals surface area contributed by atoms with E-state index in [0.29, 0.717) is 6.54 Å². The van der Waals surface area contributed by atoms with Gasteiger partial charge in [0.15, 0.2) is 6.23 Å². The fourth-order valence-electron chi connectivity index (χ4n) is 0.900. The predicted molar refractivity (Wildman–Crippen MR) is 48.8 cm³/mol. The van der Waals surface area contributed by atoms with Crippen molar-refractivity contribution in [3.63, 3.8) is 0 Å². The van der Waals surface area contributed by atoms with Crippen LogP contribution in [-0.4, -0.2) is 12.8 Å². The average Bonchev–Trinajstić information content (AvgIpc) is 2.09. The van der Waals surface area contributed by atoms with Crippen LogP contribution in [0, 0.1) is 6.92 Å². The number of benzene rings is 1.